The minimum Gasteiger partial charge on any atom is -0.496 e. The number of nitrogens with one attached hydrogen (secondary N) is 1. The second-order valence-electron chi connectivity index (χ2n) is 7.60. The van der Waals surface area contributed by atoms with E-state index in [1.165, 1.54) is 19.5 Å². The van der Waals surface area contributed by atoms with Gasteiger partial charge in [0.15, 0.2) is 23.1 Å². The zero-order chi connectivity index (χ0) is 23.5. The lowest BCUT2D eigenvalue weighted by atomic mass is 10.0. The minimum absolute atomic E-state index is 0.0885. The lowest BCUT2D eigenvalue weighted by molar-refractivity contribution is -0.116. The summed E-state index contributed by atoms with van der Waals surface area (Å²) in [6, 6.07) is 6.81. The molecule has 8 nitrogen and oxygen atoms in total. The number of fused-ring (bicyclic) bond motifs is 2. The van der Waals surface area contributed by atoms with Crippen LogP contribution in [0.5, 0.6) is 17.2 Å². The molecule has 0 saturated carbocycles. The largest absolute Gasteiger partial charge is 0.496 e. The molecule has 172 valence electrons. The SMILES string of the molecule is COc1cc2ncnc(Nc3c(Cl)ccc4c3OCO4)c2cc1CC(=O)C(F)=CCN(C)C. The van der Waals surface area contributed by atoms with Gasteiger partial charge in [-0.15, -0.1) is 0 Å². The predicted molar refractivity (Wildman–Crippen MR) is 123 cm³/mol. The molecule has 0 aliphatic carbocycles. The molecule has 3 aromatic rings. The van der Waals surface area contributed by atoms with Crippen molar-refractivity contribution in [1.82, 2.24) is 14.9 Å². The first-order valence-corrected chi connectivity index (χ1v) is 10.5. The highest BCUT2D eigenvalue weighted by molar-refractivity contribution is 6.34. The first-order valence-electron chi connectivity index (χ1n) is 10.1. The van der Waals surface area contributed by atoms with Gasteiger partial charge < -0.3 is 24.4 Å². The van der Waals surface area contributed by atoms with Gasteiger partial charge in [-0.3, -0.25) is 4.79 Å². The van der Waals surface area contributed by atoms with Gasteiger partial charge in [-0.05, 0) is 38.4 Å². The second kappa shape index (κ2) is 9.60. The fraction of sp³-hybridized carbons (Fsp3) is 0.261. The molecule has 0 atom stereocenters. The van der Waals surface area contributed by atoms with Crippen molar-refractivity contribution in [3.63, 3.8) is 0 Å². The van der Waals surface area contributed by atoms with E-state index in [1.54, 1.807) is 43.3 Å². The Kier molecular flexibility index (Phi) is 6.62. The Morgan fingerprint density at radius 3 is 2.88 bits per heavy atom. The van der Waals surface area contributed by atoms with Crippen molar-refractivity contribution in [2.45, 2.75) is 6.42 Å². The van der Waals surface area contributed by atoms with Crippen molar-refractivity contribution in [2.75, 3.05) is 39.9 Å². The van der Waals surface area contributed by atoms with Gasteiger partial charge in [0.25, 0.3) is 0 Å². The summed E-state index contributed by atoms with van der Waals surface area (Å²) in [5, 5.41) is 4.21. The van der Waals surface area contributed by atoms with Crippen LogP contribution in [0.1, 0.15) is 5.56 Å². The Morgan fingerprint density at radius 2 is 2.12 bits per heavy atom. The van der Waals surface area contributed by atoms with E-state index in [0.29, 0.717) is 56.8 Å². The van der Waals surface area contributed by atoms with Crippen LogP contribution in [-0.4, -0.2) is 55.2 Å². The summed E-state index contributed by atoms with van der Waals surface area (Å²) in [4.78, 5) is 22.9. The Labute approximate surface area is 194 Å². The van der Waals surface area contributed by atoms with E-state index in [0.717, 1.165) is 0 Å². The number of anilines is 2. The first kappa shape index (κ1) is 22.8. The molecule has 0 saturated heterocycles. The van der Waals surface area contributed by atoms with Crippen LogP contribution >= 0.6 is 11.6 Å². The molecule has 0 amide bonds. The fourth-order valence-electron chi connectivity index (χ4n) is 3.37. The van der Waals surface area contributed by atoms with Crippen molar-refractivity contribution >= 4 is 39.8 Å². The topological polar surface area (TPSA) is 85.8 Å². The Balaban J connectivity index is 1.71. The van der Waals surface area contributed by atoms with Gasteiger partial charge in [-0.2, -0.15) is 0 Å². The molecular formula is C23H22ClFN4O4. The van der Waals surface area contributed by atoms with Crippen molar-refractivity contribution in [2.24, 2.45) is 0 Å². The van der Waals surface area contributed by atoms with E-state index >= 15 is 0 Å². The zero-order valence-corrected chi connectivity index (χ0v) is 19.1. The number of nitrogens with zero attached hydrogens (tertiary/aromatic N) is 3. The van der Waals surface area contributed by atoms with Crippen molar-refractivity contribution in [1.29, 1.82) is 0 Å². The average molecular weight is 473 g/mol. The lowest BCUT2D eigenvalue weighted by Crippen LogP contribution is -2.13. The smallest absolute Gasteiger partial charge is 0.231 e. The zero-order valence-electron chi connectivity index (χ0n) is 18.3. The Morgan fingerprint density at radius 1 is 1.30 bits per heavy atom. The summed E-state index contributed by atoms with van der Waals surface area (Å²) in [5.74, 6) is 0.467. The summed E-state index contributed by atoms with van der Waals surface area (Å²) in [6.45, 7) is 0.410. The van der Waals surface area contributed by atoms with E-state index in [9.17, 15) is 9.18 Å². The van der Waals surface area contributed by atoms with Gasteiger partial charge in [-0.1, -0.05) is 11.6 Å². The third-order valence-electron chi connectivity index (χ3n) is 5.02. The monoisotopic (exact) mass is 472 g/mol. The number of benzene rings is 2. The number of methoxy groups -OCH3 is 1. The number of rotatable bonds is 8. The molecule has 1 aliphatic rings. The number of Topliss-reactive ketones (excluding diaryl/α,β-unsaturated/α-hetero) is 1. The number of aromatic nitrogens is 2. The summed E-state index contributed by atoms with van der Waals surface area (Å²) in [7, 11) is 5.07. The highest BCUT2D eigenvalue weighted by Gasteiger charge is 2.22. The highest BCUT2D eigenvalue weighted by Crippen LogP contribution is 2.45. The van der Waals surface area contributed by atoms with Crippen LogP contribution < -0.4 is 19.5 Å². The predicted octanol–water partition coefficient (Wildman–Crippen LogP) is 4.29. The van der Waals surface area contributed by atoms with Crippen LogP contribution in [0.4, 0.5) is 15.9 Å². The van der Waals surface area contributed by atoms with E-state index in [2.05, 4.69) is 15.3 Å². The maximum Gasteiger partial charge on any atom is 0.231 e. The molecular weight excluding hydrogens is 451 g/mol. The molecule has 0 fully saturated rings. The highest BCUT2D eigenvalue weighted by atomic mass is 35.5. The summed E-state index contributed by atoms with van der Waals surface area (Å²) in [6.07, 6.45) is 2.47. The van der Waals surface area contributed by atoms with Gasteiger partial charge in [-0.25, -0.2) is 14.4 Å². The van der Waals surface area contributed by atoms with Crippen LogP contribution in [0.25, 0.3) is 10.9 Å². The molecule has 0 bridgehead atoms. The molecule has 1 aliphatic heterocycles. The number of carbonyl (C=O) groups is 1. The number of ether oxygens (including phenoxy) is 3. The number of carbonyl (C=O) groups excluding carboxylic acids is 1. The van der Waals surface area contributed by atoms with Crippen LogP contribution in [0, 0.1) is 0 Å². The fourth-order valence-corrected chi connectivity index (χ4v) is 3.57. The van der Waals surface area contributed by atoms with Crippen molar-refractivity contribution in [3.8, 4) is 17.2 Å². The quantitative estimate of drug-likeness (QED) is 0.486. The van der Waals surface area contributed by atoms with Gasteiger partial charge >= 0.3 is 0 Å². The molecule has 2 heterocycles. The third kappa shape index (κ3) is 4.84. The number of likely N-dealkylation sites (N-methyl/N-ethyl adjacent to an activating group) is 1. The van der Waals surface area contributed by atoms with Crippen LogP contribution in [0.3, 0.4) is 0 Å². The maximum absolute atomic E-state index is 14.3. The molecule has 4 rings (SSSR count). The molecule has 1 aromatic heterocycles. The van der Waals surface area contributed by atoms with E-state index in [-0.39, 0.29) is 13.2 Å². The molecule has 0 spiro atoms. The molecule has 10 heteroatoms. The van der Waals surface area contributed by atoms with Crippen molar-refractivity contribution in [3.05, 3.63) is 53.1 Å². The number of hydrogen-bond acceptors (Lipinski definition) is 8. The Hall–Kier alpha value is -3.43. The first-order chi connectivity index (χ1) is 15.9. The summed E-state index contributed by atoms with van der Waals surface area (Å²) in [5.41, 5.74) is 1.58. The second-order valence-corrected chi connectivity index (χ2v) is 8.01. The molecule has 1 N–H and O–H groups in total. The van der Waals surface area contributed by atoms with Gasteiger partial charge in [0.1, 0.15) is 23.6 Å². The lowest BCUT2D eigenvalue weighted by Gasteiger charge is -2.14. The number of allylic oxidation sites excluding steroid dienone is 1. The van der Waals surface area contributed by atoms with E-state index in [4.69, 9.17) is 25.8 Å². The van der Waals surface area contributed by atoms with E-state index in [1.807, 2.05) is 0 Å². The molecule has 2 aromatic carbocycles. The summed E-state index contributed by atoms with van der Waals surface area (Å²) < 4.78 is 30.7. The third-order valence-corrected chi connectivity index (χ3v) is 5.34. The van der Waals surface area contributed by atoms with Gasteiger partial charge in [0.2, 0.25) is 6.79 Å². The number of hydrogen-bond donors (Lipinski definition) is 1. The molecule has 33 heavy (non-hydrogen) atoms. The van der Waals surface area contributed by atoms with Gasteiger partial charge in [0.05, 0.1) is 17.6 Å². The number of halogens is 2. The molecule has 0 unspecified atom stereocenters. The minimum atomic E-state index is -0.794. The molecule has 0 radical (unpaired) electrons. The van der Waals surface area contributed by atoms with Crippen LogP contribution in [0.15, 0.2) is 42.5 Å². The van der Waals surface area contributed by atoms with Crippen LogP contribution in [-0.2, 0) is 11.2 Å². The summed E-state index contributed by atoms with van der Waals surface area (Å²) >= 11 is 6.39. The van der Waals surface area contributed by atoms with Crippen LogP contribution in [0.2, 0.25) is 5.02 Å². The average Bonchev–Trinajstić information content (AvgIpc) is 3.28. The van der Waals surface area contributed by atoms with Crippen molar-refractivity contribution < 1.29 is 23.4 Å². The Bertz CT molecular complexity index is 1250. The normalized spacial score (nSPS) is 13.0. The van der Waals surface area contributed by atoms with E-state index < -0.39 is 11.6 Å². The maximum atomic E-state index is 14.3. The van der Waals surface area contributed by atoms with Gasteiger partial charge in [0, 0.05) is 30.0 Å². The number of ketones is 1. The standard InChI is InChI=1S/C23H22ClFN4O4/c1-29(2)7-6-16(25)18(30)9-13-8-14-17(10-20(13)31-3)26-11-27-23(14)28-21-15(24)4-5-19-22(21)33-12-32-19/h4-6,8,10-11H,7,9,12H2,1-3H3,(H,26,27,28).